The predicted octanol–water partition coefficient (Wildman–Crippen LogP) is 5.12. The van der Waals surface area contributed by atoms with Gasteiger partial charge in [0.2, 0.25) is 0 Å². The van der Waals surface area contributed by atoms with Crippen molar-refractivity contribution < 1.29 is 24.1 Å². The molecule has 2 bridgehead atoms. The molecule has 0 aliphatic heterocycles. The van der Waals surface area contributed by atoms with Crippen LogP contribution in [0, 0.1) is 29.1 Å². The van der Waals surface area contributed by atoms with Gasteiger partial charge in [-0.25, -0.2) is 0 Å². The van der Waals surface area contributed by atoms with Crippen molar-refractivity contribution in [2.75, 3.05) is 13.4 Å². The van der Waals surface area contributed by atoms with Crippen LogP contribution in [0.4, 0.5) is 0 Å². The summed E-state index contributed by atoms with van der Waals surface area (Å²) in [7, 11) is 0. The van der Waals surface area contributed by atoms with Crippen LogP contribution in [0.5, 0.6) is 0 Å². The van der Waals surface area contributed by atoms with Gasteiger partial charge < -0.3 is 19.3 Å². The Morgan fingerprint density at radius 2 is 1.94 bits per heavy atom. The zero-order valence-corrected chi connectivity index (χ0v) is 19.9. The third-order valence-electron chi connectivity index (χ3n) is 7.05. The number of benzene rings is 1. The Morgan fingerprint density at radius 1 is 1.22 bits per heavy atom. The van der Waals surface area contributed by atoms with Crippen LogP contribution in [0.3, 0.4) is 0 Å². The Balaban J connectivity index is 1.66. The third kappa shape index (κ3) is 6.43. The second-order valence-electron chi connectivity index (χ2n) is 10.4. The highest BCUT2D eigenvalue weighted by molar-refractivity contribution is 5.75. The molecule has 0 heterocycles. The number of hydrogen-bond acceptors (Lipinski definition) is 5. The molecule has 0 spiro atoms. The summed E-state index contributed by atoms with van der Waals surface area (Å²) in [5.41, 5.74) is 0.596. The first kappa shape index (κ1) is 24.9. The molecule has 0 aromatic heterocycles. The number of hydrogen-bond donors (Lipinski definition) is 1. The summed E-state index contributed by atoms with van der Waals surface area (Å²) in [4.78, 5) is 12.4. The zero-order chi connectivity index (χ0) is 23.1. The van der Waals surface area contributed by atoms with Crippen LogP contribution in [0.15, 0.2) is 43.0 Å². The number of rotatable bonds is 10. The molecule has 1 aromatic rings. The molecule has 0 unspecified atom stereocenters. The minimum Gasteiger partial charge on any atom is -0.465 e. The van der Waals surface area contributed by atoms with Crippen LogP contribution in [0.1, 0.15) is 58.4 Å². The number of aliphatic hydroxyl groups is 1. The molecule has 2 aliphatic rings. The molecular weight excluding hydrogens is 404 g/mol. The van der Waals surface area contributed by atoms with Gasteiger partial charge in [-0.15, -0.1) is 6.58 Å². The van der Waals surface area contributed by atoms with Gasteiger partial charge >= 0.3 is 5.97 Å². The fraction of sp³-hybridized carbons (Fsp3) is 0.667. The first-order valence-electron chi connectivity index (χ1n) is 12.0. The van der Waals surface area contributed by atoms with Crippen molar-refractivity contribution in [2.45, 2.75) is 71.7 Å². The minimum atomic E-state index is -0.521. The lowest BCUT2D eigenvalue weighted by atomic mass is 9.59. The molecule has 1 N–H and O–H groups in total. The van der Waals surface area contributed by atoms with Gasteiger partial charge in [0.05, 0.1) is 30.8 Å². The van der Waals surface area contributed by atoms with Gasteiger partial charge in [0.15, 0.2) is 0 Å². The van der Waals surface area contributed by atoms with Gasteiger partial charge in [-0.3, -0.25) is 4.79 Å². The summed E-state index contributed by atoms with van der Waals surface area (Å²) < 4.78 is 17.9. The molecular formula is C27H40O5. The number of aliphatic hydroxyl groups excluding tert-OH is 1. The third-order valence-corrected chi connectivity index (χ3v) is 7.05. The van der Waals surface area contributed by atoms with Crippen LogP contribution in [-0.4, -0.2) is 36.7 Å². The first-order chi connectivity index (χ1) is 15.3. The molecule has 2 aliphatic carbocycles. The maximum atomic E-state index is 12.4. The second-order valence-corrected chi connectivity index (χ2v) is 10.4. The largest absolute Gasteiger partial charge is 0.465 e. The molecule has 0 amide bonds. The smallest absolute Gasteiger partial charge is 0.311 e. The Bertz CT molecular complexity index is 725. The van der Waals surface area contributed by atoms with Crippen LogP contribution in [-0.2, 0) is 25.6 Å². The molecule has 6 atom stereocenters. The van der Waals surface area contributed by atoms with Crippen molar-refractivity contribution in [1.29, 1.82) is 0 Å². The quantitative estimate of drug-likeness (QED) is 0.235. The van der Waals surface area contributed by atoms with E-state index in [1.165, 1.54) is 0 Å². The van der Waals surface area contributed by atoms with E-state index in [0.717, 1.165) is 31.2 Å². The fourth-order valence-electron chi connectivity index (χ4n) is 5.38. The highest BCUT2D eigenvalue weighted by atomic mass is 16.7. The summed E-state index contributed by atoms with van der Waals surface area (Å²) in [6, 6.07) is 10.1. The lowest BCUT2D eigenvalue weighted by Gasteiger charge is -2.51. The zero-order valence-electron chi connectivity index (χ0n) is 19.9. The first-order valence-corrected chi connectivity index (χ1v) is 12.0. The number of esters is 1. The van der Waals surface area contributed by atoms with Crippen LogP contribution in [0.2, 0.25) is 0 Å². The second kappa shape index (κ2) is 11.4. The fourth-order valence-corrected chi connectivity index (χ4v) is 5.38. The van der Waals surface area contributed by atoms with E-state index in [1.807, 2.05) is 51.1 Å². The Morgan fingerprint density at radius 3 is 2.62 bits per heavy atom. The topological polar surface area (TPSA) is 65.0 Å². The van der Waals surface area contributed by atoms with E-state index in [2.05, 4.69) is 6.58 Å². The molecule has 5 heteroatoms. The molecule has 2 fully saturated rings. The van der Waals surface area contributed by atoms with E-state index in [9.17, 15) is 9.90 Å². The van der Waals surface area contributed by atoms with E-state index < -0.39 is 11.5 Å². The summed E-state index contributed by atoms with van der Waals surface area (Å²) in [6.07, 6.45) is 5.98. The molecule has 2 saturated carbocycles. The van der Waals surface area contributed by atoms with Crippen molar-refractivity contribution >= 4 is 5.97 Å². The summed E-state index contributed by atoms with van der Waals surface area (Å²) in [5, 5.41) is 10.9. The number of carbonyl (C=O) groups excluding carboxylic acids is 1. The average Bonchev–Trinajstić information content (AvgIpc) is 2.76. The Hall–Kier alpha value is -1.69. The van der Waals surface area contributed by atoms with E-state index >= 15 is 0 Å². The molecule has 5 nitrogen and oxygen atoms in total. The normalized spacial score (nSPS) is 28.7. The highest BCUT2D eigenvalue weighted by Gasteiger charge is 2.49. The monoisotopic (exact) mass is 444 g/mol. The predicted molar refractivity (Wildman–Crippen MR) is 125 cm³/mol. The number of carbonyl (C=O) groups is 1. The van der Waals surface area contributed by atoms with Crippen molar-refractivity contribution in [2.24, 2.45) is 29.1 Å². The van der Waals surface area contributed by atoms with E-state index in [4.69, 9.17) is 14.2 Å². The average molecular weight is 445 g/mol. The van der Waals surface area contributed by atoms with Gasteiger partial charge in [-0.1, -0.05) is 42.8 Å². The van der Waals surface area contributed by atoms with Gasteiger partial charge in [-0.2, -0.15) is 0 Å². The van der Waals surface area contributed by atoms with Crippen molar-refractivity contribution in [1.82, 2.24) is 0 Å². The van der Waals surface area contributed by atoms with Crippen molar-refractivity contribution in [3.8, 4) is 0 Å². The maximum absolute atomic E-state index is 12.4. The van der Waals surface area contributed by atoms with Gasteiger partial charge in [0.1, 0.15) is 6.79 Å². The molecule has 1 aromatic carbocycles. The molecule has 0 radical (unpaired) electrons. The maximum Gasteiger partial charge on any atom is 0.311 e. The van der Waals surface area contributed by atoms with Gasteiger partial charge in [0.25, 0.3) is 0 Å². The van der Waals surface area contributed by atoms with Gasteiger partial charge in [0, 0.05) is 0 Å². The Kier molecular flexibility index (Phi) is 8.92. The van der Waals surface area contributed by atoms with Crippen LogP contribution >= 0.6 is 0 Å². The number of ether oxygens (including phenoxy) is 3. The number of fused-ring (bicyclic) bond motifs is 2. The van der Waals surface area contributed by atoms with E-state index in [0.29, 0.717) is 31.5 Å². The Labute approximate surface area is 193 Å². The molecule has 3 rings (SSSR count). The van der Waals surface area contributed by atoms with E-state index in [-0.39, 0.29) is 30.7 Å². The standard InChI is InChI=1S/C27H40O5/c1-5-10-24(28)23-15-20(17-31-26(29)27(2,3)4)21-13-9-14-22(23)25(21)32-18-30-16-19-11-7-6-8-12-19/h5-8,11-12,20-25,28H,1,9-10,13-18H2,2-4H3/t20-,21-,22+,23-,24-,25+/m1/s1. The molecule has 32 heavy (non-hydrogen) atoms. The summed E-state index contributed by atoms with van der Waals surface area (Å²) >= 11 is 0. The molecule has 178 valence electrons. The highest BCUT2D eigenvalue weighted by Crippen LogP contribution is 2.49. The van der Waals surface area contributed by atoms with Crippen LogP contribution in [0.25, 0.3) is 0 Å². The van der Waals surface area contributed by atoms with Crippen molar-refractivity contribution in [3.63, 3.8) is 0 Å². The van der Waals surface area contributed by atoms with Crippen LogP contribution < -0.4 is 0 Å². The molecule has 0 saturated heterocycles. The SMILES string of the molecule is C=CC[C@@H](O)[C@@H]1C[C@H](COC(=O)C(C)(C)C)[C@H]2CCC[C@@H]1[C@H]2OCOCc1ccccc1. The van der Waals surface area contributed by atoms with Gasteiger partial charge in [-0.05, 0) is 75.7 Å². The summed E-state index contributed by atoms with van der Waals surface area (Å²) in [5.74, 6) is 0.721. The van der Waals surface area contributed by atoms with Crippen molar-refractivity contribution in [3.05, 3.63) is 48.6 Å². The van der Waals surface area contributed by atoms with E-state index in [1.54, 1.807) is 6.08 Å². The lowest BCUT2D eigenvalue weighted by Crippen LogP contribution is -2.52. The summed E-state index contributed by atoms with van der Waals surface area (Å²) in [6.45, 7) is 10.6. The minimum absolute atomic E-state index is 0.0103. The lowest BCUT2D eigenvalue weighted by molar-refractivity contribution is -0.191.